The Labute approximate surface area is 111 Å². The summed E-state index contributed by atoms with van der Waals surface area (Å²) in [5.74, 6) is 0.731. The Bertz CT molecular complexity index is 439. The second kappa shape index (κ2) is 5.52. The lowest BCUT2D eigenvalue weighted by atomic mass is 10.1. The third-order valence-electron chi connectivity index (χ3n) is 3.22. The molecule has 0 aromatic heterocycles. The molecule has 4 heteroatoms. The zero-order valence-electron chi connectivity index (χ0n) is 9.91. The van der Waals surface area contributed by atoms with Crippen LogP contribution in [0.25, 0.3) is 0 Å². The lowest BCUT2D eigenvalue weighted by Crippen LogP contribution is -2.24. The van der Waals surface area contributed by atoms with Crippen molar-refractivity contribution in [3.8, 4) is 6.07 Å². The number of anilines is 1. The van der Waals surface area contributed by atoms with Crippen molar-refractivity contribution in [1.29, 1.82) is 5.26 Å². The van der Waals surface area contributed by atoms with Crippen LogP contribution in [0.15, 0.2) is 22.7 Å². The summed E-state index contributed by atoms with van der Waals surface area (Å²) in [4.78, 5) is 2.38. The molecule has 1 aromatic rings. The van der Waals surface area contributed by atoms with Gasteiger partial charge >= 0.3 is 0 Å². The van der Waals surface area contributed by atoms with Crippen LogP contribution in [0, 0.1) is 17.2 Å². The fraction of sp³-hybridized carbons (Fsp3) is 0.462. The third kappa shape index (κ3) is 2.80. The van der Waals surface area contributed by atoms with E-state index in [0.717, 1.165) is 30.0 Å². The van der Waals surface area contributed by atoms with Gasteiger partial charge in [-0.15, -0.1) is 0 Å². The van der Waals surface area contributed by atoms with Gasteiger partial charge in [0.05, 0.1) is 5.56 Å². The number of nitrogens with one attached hydrogen (secondary N) is 1. The van der Waals surface area contributed by atoms with E-state index in [-0.39, 0.29) is 0 Å². The van der Waals surface area contributed by atoms with Gasteiger partial charge in [0.2, 0.25) is 0 Å². The first-order valence-electron chi connectivity index (χ1n) is 5.83. The van der Waals surface area contributed by atoms with Crippen LogP contribution in [0.1, 0.15) is 12.0 Å². The third-order valence-corrected chi connectivity index (χ3v) is 3.87. The fourth-order valence-electron chi connectivity index (χ4n) is 2.31. The maximum absolute atomic E-state index is 8.88. The summed E-state index contributed by atoms with van der Waals surface area (Å²) in [5.41, 5.74) is 1.90. The fourth-order valence-corrected chi connectivity index (χ4v) is 2.77. The van der Waals surface area contributed by atoms with Crippen LogP contribution in [0.2, 0.25) is 0 Å². The number of hydrogen-bond donors (Lipinski definition) is 1. The first-order chi connectivity index (χ1) is 8.24. The Morgan fingerprint density at radius 2 is 2.41 bits per heavy atom. The number of rotatable bonds is 3. The lowest BCUT2D eigenvalue weighted by molar-refractivity contribution is 0.549. The summed E-state index contributed by atoms with van der Waals surface area (Å²) < 4.78 is 0.884. The average Bonchev–Trinajstić information content (AvgIpc) is 2.78. The predicted molar refractivity (Wildman–Crippen MR) is 73.1 cm³/mol. The Hall–Kier alpha value is -1.05. The van der Waals surface area contributed by atoms with Crippen molar-refractivity contribution in [2.45, 2.75) is 6.42 Å². The standard InChI is InChI=1S/C13H16BrN3/c1-16-8-10-4-5-17(9-10)12-3-2-11(7-15)13(14)6-12/h2-3,6,10,16H,4-5,8-9H2,1H3. The number of benzene rings is 1. The summed E-state index contributed by atoms with van der Waals surface area (Å²) in [7, 11) is 2.00. The second-order valence-corrected chi connectivity index (χ2v) is 5.29. The van der Waals surface area contributed by atoms with Gasteiger partial charge in [0.25, 0.3) is 0 Å². The Morgan fingerprint density at radius 1 is 1.59 bits per heavy atom. The monoisotopic (exact) mass is 293 g/mol. The topological polar surface area (TPSA) is 39.1 Å². The lowest BCUT2D eigenvalue weighted by Gasteiger charge is -2.19. The molecule has 1 N–H and O–H groups in total. The van der Waals surface area contributed by atoms with Gasteiger partial charge in [-0.2, -0.15) is 5.26 Å². The van der Waals surface area contributed by atoms with Gasteiger partial charge in [-0.1, -0.05) is 0 Å². The maximum atomic E-state index is 8.88. The van der Waals surface area contributed by atoms with Crippen LogP contribution in [0.5, 0.6) is 0 Å². The van der Waals surface area contributed by atoms with Gasteiger partial charge in [0.1, 0.15) is 6.07 Å². The van der Waals surface area contributed by atoms with E-state index < -0.39 is 0 Å². The zero-order valence-corrected chi connectivity index (χ0v) is 11.5. The van der Waals surface area contributed by atoms with Crippen LogP contribution in [-0.4, -0.2) is 26.7 Å². The first-order valence-corrected chi connectivity index (χ1v) is 6.63. The van der Waals surface area contributed by atoms with E-state index in [0.29, 0.717) is 5.56 Å². The van der Waals surface area contributed by atoms with E-state index in [2.05, 4.69) is 32.2 Å². The maximum Gasteiger partial charge on any atom is 0.100 e. The second-order valence-electron chi connectivity index (χ2n) is 4.43. The number of halogens is 1. The molecule has 1 saturated heterocycles. The number of hydrogen-bond acceptors (Lipinski definition) is 3. The summed E-state index contributed by atoms with van der Waals surface area (Å²) in [5, 5.41) is 12.1. The quantitative estimate of drug-likeness (QED) is 0.930. The van der Waals surface area contributed by atoms with Gasteiger partial charge in [0.15, 0.2) is 0 Å². The summed E-state index contributed by atoms with van der Waals surface area (Å²) >= 11 is 3.44. The van der Waals surface area contributed by atoms with E-state index in [1.165, 1.54) is 12.1 Å². The van der Waals surface area contributed by atoms with Gasteiger partial charge in [0, 0.05) is 23.2 Å². The minimum atomic E-state index is 0.694. The highest BCUT2D eigenvalue weighted by Crippen LogP contribution is 2.27. The Kier molecular flexibility index (Phi) is 4.03. The summed E-state index contributed by atoms with van der Waals surface area (Å²) in [6, 6.07) is 8.12. The molecule has 1 aromatic carbocycles. The summed E-state index contributed by atoms with van der Waals surface area (Å²) in [6.45, 7) is 3.28. The van der Waals surface area contributed by atoms with Crippen LogP contribution in [-0.2, 0) is 0 Å². The Balaban J connectivity index is 2.09. The van der Waals surface area contributed by atoms with E-state index in [4.69, 9.17) is 5.26 Å². The van der Waals surface area contributed by atoms with Gasteiger partial charge < -0.3 is 10.2 Å². The van der Waals surface area contributed by atoms with E-state index in [9.17, 15) is 0 Å². The highest BCUT2D eigenvalue weighted by Gasteiger charge is 2.22. The minimum absolute atomic E-state index is 0.694. The van der Waals surface area contributed by atoms with Crippen molar-refractivity contribution in [3.05, 3.63) is 28.2 Å². The number of nitriles is 1. The van der Waals surface area contributed by atoms with Gasteiger partial charge in [-0.05, 0) is 60.1 Å². The minimum Gasteiger partial charge on any atom is -0.371 e. The largest absolute Gasteiger partial charge is 0.371 e. The molecule has 3 nitrogen and oxygen atoms in total. The van der Waals surface area contributed by atoms with E-state index in [1.807, 2.05) is 25.2 Å². The van der Waals surface area contributed by atoms with Crippen molar-refractivity contribution in [2.75, 3.05) is 31.6 Å². The highest BCUT2D eigenvalue weighted by molar-refractivity contribution is 9.10. The molecule has 1 atom stereocenters. The molecule has 1 heterocycles. The van der Waals surface area contributed by atoms with Crippen molar-refractivity contribution >= 4 is 21.6 Å². The van der Waals surface area contributed by atoms with Crippen molar-refractivity contribution in [3.63, 3.8) is 0 Å². The van der Waals surface area contributed by atoms with Crippen LogP contribution >= 0.6 is 15.9 Å². The first kappa shape index (κ1) is 12.4. The van der Waals surface area contributed by atoms with Crippen molar-refractivity contribution in [1.82, 2.24) is 5.32 Å². The molecule has 1 aliphatic heterocycles. The molecule has 0 spiro atoms. The van der Waals surface area contributed by atoms with Gasteiger partial charge in [-0.25, -0.2) is 0 Å². The van der Waals surface area contributed by atoms with E-state index >= 15 is 0 Å². The Morgan fingerprint density at radius 3 is 3.06 bits per heavy atom. The SMILES string of the molecule is CNCC1CCN(c2ccc(C#N)c(Br)c2)C1. The van der Waals surface area contributed by atoms with Crippen LogP contribution in [0.3, 0.4) is 0 Å². The average molecular weight is 294 g/mol. The van der Waals surface area contributed by atoms with Crippen LogP contribution in [0.4, 0.5) is 5.69 Å². The molecule has 0 saturated carbocycles. The molecular weight excluding hydrogens is 278 g/mol. The molecule has 90 valence electrons. The highest BCUT2D eigenvalue weighted by atomic mass is 79.9. The molecule has 0 aliphatic carbocycles. The predicted octanol–water partition coefficient (Wildman–Crippen LogP) is 2.37. The smallest absolute Gasteiger partial charge is 0.100 e. The molecule has 1 aliphatic rings. The molecule has 17 heavy (non-hydrogen) atoms. The molecule has 1 unspecified atom stereocenters. The summed E-state index contributed by atoms with van der Waals surface area (Å²) in [6.07, 6.45) is 1.23. The molecule has 1 fully saturated rings. The number of nitrogens with zero attached hydrogens (tertiary/aromatic N) is 2. The molecule has 0 radical (unpaired) electrons. The normalized spacial score (nSPS) is 19.4. The molecular formula is C13H16BrN3. The molecule has 0 amide bonds. The van der Waals surface area contributed by atoms with Crippen molar-refractivity contribution in [2.24, 2.45) is 5.92 Å². The van der Waals surface area contributed by atoms with E-state index in [1.54, 1.807) is 0 Å². The molecule has 2 rings (SSSR count). The van der Waals surface area contributed by atoms with Gasteiger partial charge in [-0.3, -0.25) is 0 Å². The van der Waals surface area contributed by atoms with Crippen LogP contribution < -0.4 is 10.2 Å². The zero-order chi connectivity index (χ0) is 12.3. The van der Waals surface area contributed by atoms with Crippen molar-refractivity contribution < 1.29 is 0 Å². The molecule has 0 bridgehead atoms.